The van der Waals surface area contributed by atoms with Gasteiger partial charge in [0.2, 0.25) is 5.95 Å². The molecule has 0 atom stereocenters. The molecule has 4 nitrogen and oxygen atoms in total. The zero-order chi connectivity index (χ0) is 11.4. The van der Waals surface area contributed by atoms with E-state index in [1.54, 1.807) is 11.3 Å². The molecule has 0 aliphatic rings. The van der Waals surface area contributed by atoms with Crippen molar-refractivity contribution in [2.24, 2.45) is 5.92 Å². The maximum atomic E-state index is 4.30. The zero-order valence-electron chi connectivity index (χ0n) is 9.55. The molecule has 2 heterocycles. The van der Waals surface area contributed by atoms with Crippen LogP contribution in [-0.4, -0.2) is 14.5 Å². The first-order chi connectivity index (χ1) is 7.75. The molecule has 0 aliphatic heterocycles. The summed E-state index contributed by atoms with van der Waals surface area (Å²) in [6.45, 7) is 6.19. The average molecular weight is 236 g/mol. The molecule has 0 fully saturated rings. The van der Waals surface area contributed by atoms with E-state index in [1.165, 1.54) is 4.88 Å². The van der Waals surface area contributed by atoms with Gasteiger partial charge < -0.3 is 9.88 Å². The molecule has 2 rings (SSSR count). The summed E-state index contributed by atoms with van der Waals surface area (Å²) in [6, 6.07) is 0. The monoisotopic (exact) mass is 236 g/mol. The number of rotatable bonds is 5. The molecule has 0 bridgehead atoms. The minimum absolute atomic E-state index is 0.623. The first kappa shape index (κ1) is 11.1. The molecule has 16 heavy (non-hydrogen) atoms. The van der Waals surface area contributed by atoms with Crippen LogP contribution in [0.3, 0.4) is 0 Å². The lowest BCUT2D eigenvalue weighted by atomic mass is 10.2. The third kappa shape index (κ3) is 2.82. The average Bonchev–Trinajstić information content (AvgIpc) is 2.84. The third-order valence-electron chi connectivity index (χ3n) is 2.18. The Kier molecular flexibility index (Phi) is 3.56. The predicted molar refractivity (Wildman–Crippen MR) is 66.5 cm³/mol. The second-order valence-corrected chi connectivity index (χ2v) is 5.09. The molecule has 0 saturated carbocycles. The van der Waals surface area contributed by atoms with Crippen molar-refractivity contribution in [2.45, 2.75) is 26.9 Å². The molecule has 86 valence electrons. The highest BCUT2D eigenvalue weighted by molar-refractivity contribution is 7.09. The Morgan fingerprint density at radius 2 is 2.38 bits per heavy atom. The number of hydrogen-bond acceptors (Lipinski definition) is 4. The lowest BCUT2D eigenvalue weighted by molar-refractivity contribution is 0.526. The Balaban J connectivity index is 1.96. The maximum absolute atomic E-state index is 4.30. The van der Waals surface area contributed by atoms with Crippen molar-refractivity contribution in [3.63, 3.8) is 0 Å². The van der Waals surface area contributed by atoms with Gasteiger partial charge in [0.25, 0.3) is 0 Å². The molecular weight excluding hydrogens is 220 g/mol. The van der Waals surface area contributed by atoms with Crippen LogP contribution >= 0.6 is 11.3 Å². The summed E-state index contributed by atoms with van der Waals surface area (Å²) < 4.78 is 2.14. The summed E-state index contributed by atoms with van der Waals surface area (Å²) in [4.78, 5) is 9.57. The van der Waals surface area contributed by atoms with Gasteiger partial charge in [-0.05, 0) is 5.92 Å². The number of nitrogens with zero attached hydrogens (tertiary/aromatic N) is 3. The number of nitrogens with one attached hydrogen (secondary N) is 1. The predicted octanol–water partition coefficient (Wildman–Crippen LogP) is 2.61. The van der Waals surface area contributed by atoms with Crippen molar-refractivity contribution < 1.29 is 0 Å². The molecule has 0 unspecified atom stereocenters. The van der Waals surface area contributed by atoms with Gasteiger partial charge in [0.05, 0.1) is 12.1 Å². The number of hydrogen-bond donors (Lipinski definition) is 1. The van der Waals surface area contributed by atoms with E-state index in [0.29, 0.717) is 5.92 Å². The van der Waals surface area contributed by atoms with Crippen LogP contribution in [0.5, 0.6) is 0 Å². The fraction of sp³-hybridized carbons (Fsp3) is 0.455. The molecule has 5 heteroatoms. The number of thiazole rings is 1. The fourth-order valence-electron chi connectivity index (χ4n) is 1.51. The van der Waals surface area contributed by atoms with Crippen molar-refractivity contribution in [3.05, 3.63) is 29.0 Å². The van der Waals surface area contributed by atoms with Gasteiger partial charge in [-0.15, -0.1) is 11.3 Å². The van der Waals surface area contributed by atoms with Gasteiger partial charge >= 0.3 is 0 Å². The summed E-state index contributed by atoms with van der Waals surface area (Å²) >= 11 is 1.65. The Morgan fingerprint density at radius 3 is 3.06 bits per heavy atom. The van der Waals surface area contributed by atoms with Gasteiger partial charge in [-0.25, -0.2) is 4.98 Å². The Morgan fingerprint density at radius 1 is 1.50 bits per heavy atom. The summed E-state index contributed by atoms with van der Waals surface area (Å²) in [5.41, 5.74) is 1.84. The van der Waals surface area contributed by atoms with Crippen LogP contribution in [0.15, 0.2) is 24.1 Å². The highest BCUT2D eigenvalue weighted by Crippen LogP contribution is 2.11. The summed E-state index contributed by atoms with van der Waals surface area (Å²) in [5, 5.41) is 3.32. The maximum Gasteiger partial charge on any atom is 0.203 e. The first-order valence-corrected chi connectivity index (χ1v) is 6.26. The highest BCUT2D eigenvalue weighted by atomic mass is 32.1. The van der Waals surface area contributed by atoms with Gasteiger partial charge in [0, 0.05) is 30.0 Å². The van der Waals surface area contributed by atoms with E-state index in [1.807, 2.05) is 24.1 Å². The highest BCUT2D eigenvalue weighted by Gasteiger charge is 2.04. The molecule has 0 aromatic carbocycles. The lowest BCUT2D eigenvalue weighted by Gasteiger charge is -2.10. The van der Waals surface area contributed by atoms with E-state index in [2.05, 4.69) is 33.7 Å². The van der Waals surface area contributed by atoms with E-state index >= 15 is 0 Å². The van der Waals surface area contributed by atoms with Crippen LogP contribution in [0.25, 0.3) is 0 Å². The summed E-state index contributed by atoms with van der Waals surface area (Å²) in [6.07, 6.45) is 5.72. The van der Waals surface area contributed by atoms with Crippen LogP contribution in [0.2, 0.25) is 0 Å². The molecule has 0 spiro atoms. The second kappa shape index (κ2) is 5.12. The standard InChI is InChI=1S/C11H16N4S/c1-9(2)7-15-4-3-13-11(15)14-6-10-5-12-8-16-10/h3-5,8-9H,6-7H2,1-2H3,(H,13,14). The van der Waals surface area contributed by atoms with Crippen molar-refractivity contribution in [1.29, 1.82) is 0 Å². The van der Waals surface area contributed by atoms with Gasteiger partial charge in [0.1, 0.15) is 0 Å². The molecule has 2 aromatic heterocycles. The minimum atomic E-state index is 0.623. The number of imidazole rings is 1. The van der Waals surface area contributed by atoms with E-state index < -0.39 is 0 Å². The largest absolute Gasteiger partial charge is 0.351 e. The van der Waals surface area contributed by atoms with Crippen LogP contribution in [0.1, 0.15) is 18.7 Å². The van der Waals surface area contributed by atoms with Crippen molar-refractivity contribution in [1.82, 2.24) is 14.5 Å². The normalized spacial score (nSPS) is 10.9. The third-order valence-corrected chi connectivity index (χ3v) is 2.96. The van der Waals surface area contributed by atoms with Crippen LogP contribution in [-0.2, 0) is 13.1 Å². The minimum Gasteiger partial charge on any atom is -0.351 e. The van der Waals surface area contributed by atoms with Gasteiger partial charge in [-0.3, -0.25) is 4.98 Å². The zero-order valence-corrected chi connectivity index (χ0v) is 10.4. The van der Waals surface area contributed by atoms with Gasteiger partial charge in [0.15, 0.2) is 0 Å². The first-order valence-electron chi connectivity index (χ1n) is 5.38. The van der Waals surface area contributed by atoms with Gasteiger partial charge in [-0.1, -0.05) is 13.8 Å². The molecule has 0 radical (unpaired) electrons. The molecule has 2 aromatic rings. The van der Waals surface area contributed by atoms with E-state index in [0.717, 1.165) is 19.0 Å². The van der Waals surface area contributed by atoms with Crippen molar-refractivity contribution >= 4 is 17.3 Å². The van der Waals surface area contributed by atoms with E-state index in [4.69, 9.17) is 0 Å². The van der Waals surface area contributed by atoms with E-state index in [-0.39, 0.29) is 0 Å². The van der Waals surface area contributed by atoms with Crippen molar-refractivity contribution in [3.8, 4) is 0 Å². The topological polar surface area (TPSA) is 42.7 Å². The molecule has 0 amide bonds. The summed E-state index contributed by atoms with van der Waals surface area (Å²) in [5.74, 6) is 1.56. The Bertz CT molecular complexity index is 419. The van der Waals surface area contributed by atoms with Crippen LogP contribution in [0.4, 0.5) is 5.95 Å². The van der Waals surface area contributed by atoms with Crippen LogP contribution in [0, 0.1) is 5.92 Å². The molecular formula is C11H16N4S. The molecule has 0 aliphatic carbocycles. The second-order valence-electron chi connectivity index (χ2n) is 4.12. The quantitative estimate of drug-likeness (QED) is 0.867. The number of anilines is 1. The van der Waals surface area contributed by atoms with Gasteiger partial charge in [-0.2, -0.15) is 0 Å². The summed E-state index contributed by atoms with van der Waals surface area (Å²) in [7, 11) is 0. The van der Waals surface area contributed by atoms with Crippen LogP contribution < -0.4 is 5.32 Å². The molecule has 1 N–H and O–H groups in total. The Hall–Kier alpha value is -1.36. The number of aromatic nitrogens is 3. The smallest absolute Gasteiger partial charge is 0.203 e. The Labute approximate surface area is 99.4 Å². The fourth-order valence-corrected chi connectivity index (χ4v) is 2.05. The lowest BCUT2D eigenvalue weighted by Crippen LogP contribution is -2.09. The molecule has 0 saturated heterocycles. The van der Waals surface area contributed by atoms with E-state index in [9.17, 15) is 0 Å². The SMILES string of the molecule is CC(C)Cn1ccnc1NCc1cncs1. The van der Waals surface area contributed by atoms with Crippen molar-refractivity contribution in [2.75, 3.05) is 5.32 Å².